The monoisotopic (exact) mass is 284 g/mol. The number of benzene rings is 1. The Morgan fingerprint density at radius 2 is 2.15 bits per heavy atom. The highest BCUT2D eigenvalue weighted by atomic mass is 35.5. The van der Waals surface area contributed by atoms with Crippen molar-refractivity contribution in [2.45, 2.75) is 6.92 Å². The van der Waals surface area contributed by atoms with Crippen molar-refractivity contribution in [3.63, 3.8) is 0 Å². The lowest BCUT2D eigenvalue weighted by atomic mass is 10.2. The third-order valence-electron chi connectivity index (χ3n) is 2.96. The van der Waals surface area contributed by atoms with Gasteiger partial charge in [0.25, 0.3) is 0 Å². The van der Waals surface area contributed by atoms with Crippen LogP contribution in [0, 0.1) is 19.3 Å². The average molecular weight is 285 g/mol. The fourth-order valence-corrected chi connectivity index (χ4v) is 2.04. The number of aryl methyl sites for hydroxylation is 1. The van der Waals surface area contributed by atoms with E-state index in [-0.39, 0.29) is 12.4 Å². The van der Waals surface area contributed by atoms with Crippen molar-refractivity contribution in [3.05, 3.63) is 47.9 Å². The molecular weight excluding hydrogens is 272 g/mol. The predicted octanol–water partition coefficient (Wildman–Crippen LogP) is 3.41. The van der Waals surface area contributed by atoms with Gasteiger partial charge in [0.2, 0.25) is 0 Å². The lowest BCUT2D eigenvalue weighted by molar-refractivity contribution is 1.20. The minimum atomic E-state index is 0. The quantitative estimate of drug-likeness (QED) is 0.709. The lowest BCUT2D eigenvalue weighted by Gasteiger charge is -2.07. The van der Waals surface area contributed by atoms with Crippen molar-refractivity contribution >= 4 is 34.9 Å². The molecule has 0 spiro atoms. The van der Waals surface area contributed by atoms with Gasteiger partial charge in [-0.25, -0.2) is 9.97 Å². The molecule has 2 N–H and O–H groups in total. The third kappa shape index (κ3) is 2.44. The van der Waals surface area contributed by atoms with Crippen LogP contribution in [0.25, 0.3) is 11.0 Å². The Hall–Kier alpha value is -2.51. The van der Waals surface area contributed by atoms with Gasteiger partial charge in [-0.3, -0.25) is 0 Å². The summed E-state index contributed by atoms with van der Waals surface area (Å²) < 4.78 is 0. The van der Waals surface area contributed by atoms with Gasteiger partial charge in [0.15, 0.2) is 0 Å². The SMILES string of the molecule is C#Cc1cccc(Nc2ncnc3[nH]cc(C)c23)c1.Cl. The second kappa shape index (κ2) is 5.64. The molecule has 2 heterocycles. The largest absolute Gasteiger partial charge is 0.346 e. The zero-order valence-electron chi connectivity index (χ0n) is 10.8. The molecule has 1 aromatic carbocycles. The number of anilines is 2. The number of halogens is 1. The van der Waals surface area contributed by atoms with E-state index >= 15 is 0 Å². The number of aromatic amines is 1. The second-order valence-corrected chi connectivity index (χ2v) is 4.27. The zero-order chi connectivity index (χ0) is 13.2. The lowest BCUT2D eigenvalue weighted by Crippen LogP contribution is -1.96. The Labute approximate surface area is 123 Å². The van der Waals surface area contributed by atoms with Crippen molar-refractivity contribution in [1.82, 2.24) is 15.0 Å². The number of nitrogens with zero attached hydrogens (tertiary/aromatic N) is 2. The summed E-state index contributed by atoms with van der Waals surface area (Å²) in [6.45, 7) is 2.02. The molecule has 0 aliphatic rings. The maximum Gasteiger partial charge on any atom is 0.143 e. The summed E-state index contributed by atoms with van der Waals surface area (Å²) in [5.41, 5.74) is 3.67. The maximum atomic E-state index is 5.40. The minimum Gasteiger partial charge on any atom is -0.346 e. The van der Waals surface area contributed by atoms with E-state index in [1.807, 2.05) is 37.4 Å². The van der Waals surface area contributed by atoms with Gasteiger partial charge in [-0.2, -0.15) is 0 Å². The minimum absolute atomic E-state index is 0. The Kier molecular flexibility index (Phi) is 3.92. The highest BCUT2D eigenvalue weighted by Crippen LogP contribution is 2.25. The van der Waals surface area contributed by atoms with Crippen molar-refractivity contribution in [2.75, 3.05) is 5.32 Å². The number of H-pyrrole nitrogens is 1. The Bertz CT molecular complexity index is 786. The first-order chi connectivity index (χ1) is 9.28. The summed E-state index contributed by atoms with van der Waals surface area (Å²) in [7, 11) is 0. The third-order valence-corrected chi connectivity index (χ3v) is 2.96. The summed E-state index contributed by atoms with van der Waals surface area (Å²) >= 11 is 0. The van der Waals surface area contributed by atoms with Gasteiger partial charge in [-0.15, -0.1) is 18.8 Å². The highest BCUT2D eigenvalue weighted by Gasteiger charge is 2.08. The number of terminal acetylenes is 1. The molecule has 0 amide bonds. The Balaban J connectivity index is 0.00000147. The number of aromatic nitrogens is 3. The van der Waals surface area contributed by atoms with E-state index < -0.39 is 0 Å². The van der Waals surface area contributed by atoms with E-state index in [1.165, 1.54) is 6.33 Å². The molecule has 0 radical (unpaired) electrons. The molecule has 3 rings (SSSR count). The molecule has 0 bridgehead atoms. The van der Waals surface area contributed by atoms with E-state index in [9.17, 15) is 0 Å². The topological polar surface area (TPSA) is 53.6 Å². The summed E-state index contributed by atoms with van der Waals surface area (Å²) in [6.07, 6.45) is 8.85. The molecular formula is C15H13ClN4. The fourth-order valence-electron chi connectivity index (χ4n) is 2.04. The summed E-state index contributed by atoms with van der Waals surface area (Å²) in [5, 5.41) is 4.28. The molecule has 100 valence electrons. The molecule has 0 aliphatic heterocycles. The average Bonchev–Trinajstić information content (AvgIpc) is 2.82. The fraction of sp³-hybridized carbons (Fsp3) is 0.0667. The highest BCUT2D eigenvalue weighted by molar-refractivity contribution is 5.91. The van der Waals surface area contributed by atoms with Crippen molar-refractivity contribution < 1.29 is 0 Å². The Morgan fingerprint density at radius 3 is 2.95 bits per heavy atom. The van der Waals surface area contributed by atoms with Crippen LogP contribution in [0.1, 0.15) is 11.1 Å². The standard InChI is InChI=1S/C15H12N4.ClH/c1-3-11-5-4-6-12(7-11)19-15-13-10(2)8-16-14(13)17-9-18-15;/h1,4-9H,2H3,(H2,16,17,18,19);1H. The van der Waals surface area contributed by atoms with Crippen LogP contribution in [-0.4, -0.2) is 15.0 Å². The van der Waals surface area contributed by atoms with Gasteiger partial charge in [0, 0.05) is 17.4 Å². The predicted molar refractivity (Wildman–Crippen MR) is 83.5 cm³/mol. The molecule has 3 aromatic rings. The van der Waals surface area contributed by atoms with Crippen LogP contribution >= 0.6 is 12.4 Å². The van der Waals surface area contributed by atoms with Gasteiger partial charge < -0.3 is 10.3 Å². The van der Waals surface area contributed by atoms with Gasteiger partial charge in [0.1, 0.15) is 17.8 Å². The first-order valence-corrected chi connectivity index (χ1v) is 5.90. The molecule has 0 fully saturated rings. The molecule has 0 aliphatic carbocycles. The molecule has 0 saturated carbocycles. The number of hydrogen-bond donors (Lipinski definition) is 2. The number of nitrogens with one attached hydrogen (secondary N) is 2. The van der Waals surface area contributed by atoms with E-state index in [0.29, 0.717) is 0 Å². The van der Waals surface area contributed by atoms with E-state index in [4.69, 9.17) is 6.42 Å². The van der Waals surface area contributed by atoms with Gasteiger partial charge >= 0.3 is 0 Å². The van der Waals surface area contributed by atoms with Crippen LogP contribution in [0.4, 0.5) is 11.5 Å². The normalized spacial score (nSPS) is 9.80. The first kappa shape index (κ1) is 13.9. The van der Waals surface area contributed by atoms with Crippen LogP contribution in [0.5, 0.6) is 0 Å². The van der Waals surface area contributed by atoms with Gasteiger partial charge in [0.05, 0.1) is 5.39 Å². The second-order valence-electron chi connectivity index (χ2n) is 4.27. The van der Waals surface area contributed by atoms with E-state index in [1.54, 1.807) is 0 Å². The maximum absolute atomic E-state index is 5.40. The molecule has 5 heteroatoms. The van der Waals surface area contributed by atoms with Gasteiger partial charge in [-0.1, -0.05) is 12.0 Å². The van der Waals surface area contributed by atoms with E-state index in [2.05, 4.69) is 26.2 Å². The van der Waals surface area contributed by atoms with Crippen molar-refractivity contribution in [1.29, 1.82) is 0 Å². The summed E-state index contributed by atoms with van der Waals surface area (Å²) in [6, 6.07) is 7.68. The van der Waals surface area contributed by atoms with Crippen LogP contribution in [0.15, 0.2) is 36.8 Å². The van der Waals surface area contributed by atoms with Crippen LogP contribution in [0.2, 0.25) is 0 Å². The molecule has 0 unspecified atom stereocenters. The van der Waals surface area contributed by atoms with Crippen molar-refractivity contribution in [2.24, 2.45) is 0 Å². The van der Waals surface area contributed by atoms with Crippen LogP contribution in [-0.2, 0) is 0 Å². The van der Waals surface area contributed by atoms with Crippen LogP contribution < -0.4 is 5.32 Å². The molecule has 20 heavy (non-hydrogen) atoms. The molecule has 0 atom stereocenters. The van der Waals surface area contributed by atoms with Gasteiger partial charge in [-0.05, 0) is 30.7 Å². The van der Waals surface area contributed by atoms with E-state index in [0.717, 1.165) is 33.7 Å². The number of rotatable bonds is 2. The van der Waals surface area contributed by atoms with Crippen LogP contribution in [0.3, 0.4) is 0 Å². The molecule has 0 saturated heterocycles. The molecule has 4 nitrogen and oxygen atoms in total. The number of fused-ring (bicyclic) bond motifs is 1. The zero-order valence-corrected chi connectivity index (χ0v) is 11.7. The smallest absolute Gasteiger partial charge is 0.143 e. The molecule has 2 aromatic heterocycles. The Morgan fingerprint density at radius 1 is 1.30 bits per heavy atom. The summed E-state index contributed by atoms with van der Waals surface area (Å²) in [4.78, 5) is 11.6. The number of hydrogen-bond acceptors (Lipinski definition) is 3. The summed E-state index contributed by atoms with van der Waals surface area (Å²) in [5.74, 6) is 3.39. The van der Waals surface area contributed by atoms with Crippen molar-refractivity contribution in [3.8, 4) is 12.3 Å². The first-order valence-electron chi connectivity index (χ1n) is 5.90.